The SMILES string of the molecule is C#Cc1cccc(NC(=O)c2c(O)cccc2F)c1. The number of aromatic hydroxyl groups is 1. The molecule has 0 heterocycles. The van der Waals surface area contributed by atoms with Gasteiger partial charge >= 0.3 is 0 Å². The molecule has 4 heteroatoms. The van der Waals surface area contributed by atoms with Gasteiger partial charge < -0.3 is 10.4 Å². The fraction of sp³-hybridized carbons (Fsp3) is 0. The first-order chi connectivity index (χ1) is 9.11. The highest BCUT2D eigenvalue weighted by atomic mass is 19.1. The van der Waals surface area contributed by atoms with E-state index in [2.05, 4.69) is 11.2 Å². The number of carbonyl (C=O) groups excluding carboxylic acids is 1. The van der Waals surface area contributed by atoms with Crippen LogP contribution >= 0.6 is 0 Å². The molecule has 2 rings (SSSR count). The Morgan fingerprint density at radius 1 is 1.26 bits per heavy atom. The zero-order valence-electron chi connectivity index (χ0n) is 9.85. The monoisotopic (exact) mass is 255 g/mol. The van der Waals surface area contributed by atoms with E-state index in [9.17, 15) is 14.3 Å². The number of hydrogen-bond acceptors (Lipinski definition) is 2. The lowest BCUT2D eigenvalue weighted by atomic mass is 10.1. The lowest BCUT2D eigenvalue weighted by Crippen LogP contribution is -2.14. The Morgan fingerprint density at radius 2 is 2.00 bits per heavy atom. The molecule has 0 bridgehead atoms. The second-order valence-corrected chi connectivity index (χ2v) is 3.81. The third kappa shape index (κ3) is 2.72. The van der Waals surface area contributed by atoms with E-state index in [0.717, 1.165) is 6.07 Å². The van der Waals surface area contributed by atoms with E-state index >= 15 is 0 Å². The van der Waals surface area contributed by atoms with Gasteiger partial charge in [0.05, 0.1) is 0 Å². The number of amides is 1. The van der Waals surface area contributed by atoms with Crippen LogP contribution in [0.15, 0.2) is 42.5 Å². The van der Waals surface area contributed by atoms with Crippen molar-refractivity contribution >= 4 is 11.6 Å². The molecule has 0 spiro atoms. The number of anilines is 1. The molecule has 0 aliphatic carbocycles. The van der Waals surface area contributed by atoms with Gasteiger partial charge in [-0.25, -0.2) is 4.39 Å². The molecule has 0 aliphatic heterocycles. The highest BCUT2D eigenvalue weighted by Crippen LogP contribution is 2.21. The van der Waals surface area contributed by atoms with Crippen molar-refractivity contribution in [3.63, 3.8) is 0 Å². The van der Waals surface area contributed by atoms with Gasteiger partial charge in [-0.1, -0.05) is 18.1 Å². The minimum atomic E-state index is -0.786. The first kappa shape index (κ1) is 12.7. The average Bonchev–Trinajstić information content (AvgIpc) is 2.38. The zero-order valence-corrected chi connectivity index (χ0v) is 9.85. The molecule has 0 saturated carbocycles. The van der Waals surface area contributed by atoms with Gasteiger partial charge in [-0.2, -0.15) is 0 Å². The molecule has 0 fully saturated rings. The number of benzene rings is 2. The van der Waals surface area contributed by atoms with Crippen LogP contribution < -0.4 is 5.32 Å². The van der Waals surface area contributed by atoms with Crippen molar-refractivity contribution in [2.24, 2.45) is 0 Å². The number of halogens is 1. The minimum Gasteiger partial charge on any atom is -0.507 e. The maximum atomic E-state index is 13.5. The summed E-state index contributed by atoms with van der Waals surface area (Å²) in [5.74, 6) is 0.499. The smallest absolute Gasteiger partial charge is 0.262 e. The van der Waals surface area contributed by atoms with Crippen LogP contribution in [-0.4, -0.2) is 11.0 Å². The van der Waals surface area contributed by atoms with E-state index in [1.807, 2.05) is 0 Å². The Labute approximate surface area is 109 Å². The first-order valence-corrected chi connectivity index (χ1v) is 5.47. The topological polar surface area (TPSA) is 49.3 Å². The number of phenolic OH excluding ortho intramolecular Hbond substituents is 1. The summed E-state index contributed by atoms with van der Waals surface area (Å²) in [5.41, 5.74) is 0.632. The van der Waals surface area contributed by atoms with Gasteiger partial charge in [-0.05, 0) is 30.3 Å². The molecule has 2 N–H and O–H groups in total. The Hall–Kier alpha value is -2.80. The third-order valence-corrected chi connectivity index (χ3v) is 2.51. The molecule has 3 nitrogen and oxygen atoms in total. The van der Waals surface area contributed by atoms with Crippen LogP contribution in [0.1, 0.15) is 15.9 Å². The number of rotatable bonds is 2. The van der Waals surface area contributed by atoms with Crippen molar-refractivity contribution in [1.29, 1.82) is 0 Å². The van der Waals surface area contributed by atoms with E-state index in [1.54, 1.807) is 24.3 Å². The predicted octanol–water partition coefficient (Wildman–Crippen LogP) is 2.76. The molecular weight excluding hydrogens is 245 g/mol. The van der Waals surface area contributed by atoms with Gasteiger partial charge in [-0.15, -0.1) is 6.42 Å². The normalized spacial score (nSPS) is 9.68. The van der Waals surface area contributed by atoms with Crippen molar-refractivity contribution in [3.8, 4) is 18.1 Å². The Morgan fingerprint density at radius 3 is 2.68 bits per heavy atom. The fourth-order valence-electron chi connectivity index (χ4n) is 1.62. The summed E-state index contributed by atoms with van der Waals surface area (Å²) in [6.07, 6.45) is 5.25. The number of nitrogens with one attached hydrogen (secondary N) is 1. The lowest BCUT2D eigenvalue weighted by Gasteiger charge is -2.08. The maximum Gasteiger partial charge on any atom is 0.262 e. The van der Waals surface area contributed by atoms with Crippen LogP contribution in [0.3, 0.4) is 0 Å². The maximum absolute atomic E-state index is 13.5. The number of phenols is 1. The van der Waals surface area contributed by atoms with Crippen molar-refractivity contribution in [2.75, 3.05) is 5.32 Å². The van der Waals surface area contributed by atoms with Crippen LogP contribution in [0.4, 0.5) is 10.1 Å². The van der Waals surface area contributed by atoms with Gasteiger partial charge in [0.25, 0.3) is 5.91 Å². The molecular formula is C15H10FNO2. The number of terminal acetylenes is 1. The molecule has 0 saturated heterocycles. The van der Waals surface area contributed by atoms with E-state index in [0.29, 0.717) is 11.3 Å². The summed E-state index contributed by atoms with van der Waals surface area (Å²) in [5, 5.41) is 12.0. The van der Waals surface area contributed by atoms with Crippen LogP contribution in [0.25, 0.3) is 0 Å². The summed E-state index contributed by atoms with van der Waals surface area (Å²) in [7, 11) is 0. The Bertz CT molecular complexity index is 654. The number of carbonyl (C=O) groups is 1. The average molecular weight is 255 g/mol. The summed E-state index contributed by atoms with van der Waals surface area (Å²) in [4.78, 5) is 11.9. The molecule has 1 amide bonds. The number of hydrogen-bond donors (Lipinski definition) is 2. The van der Waals surface area contributed by atoms with Crippen LogP contribution in [0.5, 0.6) is 5.75 Å². The van der Waals surface area contributed by atoms with Crippen molar-refractivity contribution in [1.82, 2.24) is 0 Å². The highest BCUT2D eigenvalue weighted by Gasteiger charge is 2.16. The second-order valence-electron chi connectivity index (χ2n) is 3.81. The highest BCUT2D eigenvalue weighted by molar-refractivity contribution is 6.06. The molecule has 2 aromatic carbocycles. The molecule has 94 valence electrons. The second kappa shape index (κ2) is 5.23. The van der Waals surface area contributed by atoms with Crippen LogP contribution in [0, 0.1) is 18.2 Å². The molecule has 0 unspecified atom stereocenters. The molecule has 0 aromatic heterocycles. The quantitative estimate of drug-likeness (QED) is 0.811. The lowest BCUT2D eigenvalue weighted by molar-refractivity contribution is 0.102. The Balaban J connectivity index is 2.29. The third-order valence-electron chi connectivity index (χ3n) is 2.51. The predicted molar refractivity (Wildman–Crippen MR) is 70.4 cm³/mol. The van der Waals surface area contributed by atoms with Gasteiger partial charge in [-0.3, -0.25) is 4.79 Å². The summed E-state index contributed by atoms with van der Waals surface area (Å²) in [6, 6.07) is 10.2. The largest absolute Gasteiger partial charge is 0.507 e. The van der Waals surface area contributed by atoms with E-state index < -0.39 is 23.0 Å². The molecule has 19 heavy (non-hydrogen) atoms. The summed E-state index contributed by atoms with van der Waals surface area (Å²) < 4.78 is 13.5. The van der Waals surface area contributed by atoms with Gasteiger partial charge in [0.2, 0.25) is 0 Å². The van der Waals surface area contributed by atoms with Gasteiger partial charge in [0, 0.05) is 11.3 Å². The molecule has 0 atom stereocenters. The fourth-order valence-corrected chi connectivity index (χ4v) is 1.62. The Kier molecular flexibility index (Phi) is 3.48. The molecule has 2 aromatic rings. The van der Waals surface area contributed by atoms with Crippen molar-refractivity contribution in [3.05, 3.63) is 59.4 Å². The standard InChI is InChI=1S/C15H10FNO2/c1-2-10-5-3-6-11(9-10)17-15(19)14-12(16)7-4-8-13(14)18/h1,3-9,18H,(H,17,19). The molecule has 0 aliphatic rings. The first-order valence-electron chi connectivity index (χ1n) is 5.47. The van der Waals surface area contributed by atoms with Crippen LogP contribution in [0.2, 0.25) is 0 Å². The molecule has 0 radical (unpaired) electrons. The van der Waals surface area contributed by atoms with Gasteiger partial charge in [0.15, 0.2) is 0 Å². The van der Waals surface area contributed by atoms with Crippen LogP contribution in [-0.2, 0) is 0 Å². The van der Waals surface area contributed by atoms with Crippen molar-refractivity contribution < 1.29 is 14.3 Å². The van der Waals surface area contributed by atoms with E-state index in [-0.39, 0.29) is 0 Å². The zero-order chi connectivity index (χ0) is 13.8. The summed E-state index contributed by atoms with van der Waals surface area (Å²) in [6.45, 7) is 0. The minimum absolute atomic E-state index is 0.395. The van der Waals surface area contributed by atoms with E-state index in [1.165, 1.54) is 12.1 Å². The van der Waals surface area contributed by atoms with Gasteiger partial charge in [0.1, 0.15) is 17.1 Å². The summed E-state index contributed by atoms with van der Waals surface area (Å²) >= 11 is 0. The van der Waals surface area contributed by atoms with E-state index in [4.69, 9.17) is 6.42 Å². The van der Waals surface area contributed by atoms with Crippen molar-refractivity contribution in [2.45, 2.75) is 0 Å².